The lowest BCUT2D eigenvalue weighted by Gasteiger charge is -2.32. The second-order valence-electron chi connectivity index (χ2n) is 5.56. The summed E-state index contributed by atoms with van der Waals surface area (Å²) in [5, 5.41) is 10.1. The van der Waals surface area contributed by atoms with Crippen LogP contribution in [0.2, 0.25) is 0 Å². The minimum Gasteiger partial charge on any atom is -0.491 e. The van der Waals surface area contributed by atoms with Gasteiger partial charge in [-0.1, -0.05) is 0 Å². The normalized spacial score (nSPS) is 16.9. The summed E-state index contributed by atoms with van der Waals surface area (Å²) < 4.78 is 23.2. The van der Waals surface area contributed by atoms with Gasteiger partial charge in [-0.2, -0.15) is 0 Å². The summed E-state index contributed by atoms with van der Waals surface area (Å²) in [5.74, 6) is 0.217. The molecule has 1 fully saturated rings. The van der Waals surface area contributed by atoms with Crippen molar-refractivity contribution in [1.29, 1.82) is 0 Å². The van der Waals surface area contributed by atoms with E-state index in [0.717, 1.165) is 13.1 Å². The number of piperazine rings is 1. The first-order valence-electron chi connectivity index (χ1n) is 7.90. The van der Waals surface area contributed by atoms with Crippen LogP contribution < -0.4 is 9.64 Å². The molecule has 0 aliphatic carbocycles. The number of ether oxygens (including phenoxy) is 2. The number of carbonyl (C=O) groups is 1. The van der Waals surface area contributed by atoms with Crippen molar-refractivity contribution >= 4 is 6.09 Å². The number of aliphatic hydroxyl groups excluding tert-OH is 1. The Kier molecular flexibility index (Phi) is 6.61. The molecule has 1 saturated heterocycles. The van der Waals surface area contributed by atoms with E-state index < -0.39 is 6.10 Å². The van der Waals surface area contributed by atoms with Gasteiger partial charge in [0, 0.05) is 0 Å². The van der Waals surface area contributed by atoms with Crippen LogP contribution >= 0.6 is 0 Å². The second-order valence-corrected chi connectivity index (χ2v) is 5.56. The number of carbonyl (C=O) groups excluding carboxylic acids is 1. The molecule has 1 aromatic rings. The van der Waals surface area contributed by atoms with Crippen LogP contribution in [0.3, 0.4) is 0 Å². The Balaban J connectivity index is 1.67. The molecule has 0 radical (unpaired) electrons. The first kappa shape index (κ1) is 17.5. The molecule has 6 nitrogen and oxygen atoms in total. The maximum absolute atomic E-state index is 12.8. The number of amides is 1. The Labute approximate surface area is 135 Å². The van der Waals surface area contributed by atoms with Crippen molar-refractivity contribution in [2.24, 2.45) is 0 Å². The monoisotopic (exact) mass is 327 g/mol. The minimum absolute atomic E-state index is 0.163. The van der Waals surface area contributed by atoms with Crippen molar-refractivity contribution in [2.75, 3.05) is 45.9 Å². The van der Waals surface area contributed by atoms with E-state index in [-0.39, 0.29) is 18.5 Å². The van der Waals surface area contributed by atoms with Crippen LogP contribution in [0.15, 0.2) is 24.3 Å². The van der Waals surface area contributed by atoms with Gasteiger partial charge in [0.15, 0.2) is 0 Å². The summed E-state index contributed by atoms with van der Waals surface area (Å²) in [7, 11) is 0. The summed E-state index contributed by atoms with van der Waals surface area (Å²) in [6.45, 7) is 5.68. The Morgan fingerprint density at radius 3 is 2.61 bits per heavy atom. The van der Waals surface area contributed by atoms with Crippen molar-refractivity contribution in [2.45, 2.75) is 13.0 Å². The number of benzene rings is 1. The fourth-order valence-electron chi connectivity index (χ4n) is 2.54. The molecule has 1 aliphatic heterocycles. The summed E-state index contributed by atoms with van der Waals surface area (Å²) in [6.07, 6.45) is -0.879. The highest BCUT2D eigenvalue weighted by Crippen LogP contribution is 2.11. The molecule has 1 aliphatic rings. The van der Waals surface area contributed by atoms with Crippen molar-refractivity contribution in [3.63, 3.8) is 0 Å². The van der Waals surface area contributed by atoms with Gasteiger partial charge in [0.25, 0.3) is 0 Å². The average Bonchev–Trinajstić information content (AvgIpc) is 2.55. The third kappa shape index (κ3) is 5.69. The number of hydrogen-bond donors (Lipinski definition) is 2. The quantitative estimate of drug-likeness (QED) is 0.767. The maximum Gasteiger partial charge on any atom is 0.410 e. The average molecular weight is 327 g/mol. The lowest BCUT2D eigenvalue weighted by atomic mass is 10.2. The molecule has 2 N–H and O–H groups in total. The van der Waals surface area contributed by atoms with E-state index in [1.54, 1.807) is 11.8 Å². The van der Waals surface area contributed by atoms with Gasteiger partial charge in [-0.3, -0.25) is 4.90 Å². The van der Waals surface area contributed by atoms with Crippen LogP contribution in [-0.4, -0.2) is 68.1 Å². The summed E-state index contributed by atoms with van der Waals surface area (Å²) in [6, 6.07) is 5.71. The first-order chi connectivity index (χ1) is 11.1. The van der Waals surface area contributed by atoms with Gasteiger partial charge >= 0.3 is 6.09 Å². The van der Waals surface area contributed by atoms with Gasteiger partial charge < -0.3 is 19.5 Å². The molecule has 0 bridgehead atoms. The molecule has 23 heavy (non-hydrogen) atoms. The summed E-state index contributed by atoms with van der Waals surface area (Å²) in [5.41, 5.74) is 0. The molecule has 1 amide bonds. The van der Waals surface area contributed by atoms with E-state index in [4.69, 9.17) is 9.47 Å². The van der Waals surface area contributed by atoms with E-state index in [1.165, 1.54) is 29.2 Å². The predicted octanol–water partition coefficient (Wildman–Crippen LogP) is -0.0776. The van der Waals surface area contributed by atoms with Crippen molar-refractivity contribution in [3.05, 3.63) is 30.1 Å². The number of quaternary nitrogens is 1. The van der Waals surface area contributed by atoms with Crippen molar-refractivity contribution in [1.82, 2.24) is 4.90 Å². The Morgan fingerprint density at radius 1 is 1.35 bits per heavy atom. The zero-order valence-corrected chi connectivity index (χ0v) is 13.3. The standard InChI is InChI=1S/C16H23FN2O4/c1-2-22-16(21)19-9-7-18(8-10-19)11-14(20)12-23-15-5-3-13(17)4-6-15/h3-6,14,20H,2,7-12H2,1H3/p+1. The summed E-state index contributed by atoms with van der Waals surface area (Å²) in [4.78, 5) is 14.5. The highest BCUT2D eigenvalue weighted by Gasteiger charge is 2.26. The zero-order valence-electron chi connectivity index (χ0n) is 13.3. The lowest BCUT2D eigenvalue weighted by molar-refractivity contribution is -0.907. The third-order valence-corrected chi connectivity index (χ3v) is 3.78. The molecular weight excluding hydrogens is 303 g/mol. The topological polar surface area (TPSA) is 63.4 Å². The predicted molar refractivity (Wildman–Crippen MR) is 82.1 cm³/mol. The maximum atomic E-state index is 12.8. The fourth-order valence-corrected chi connectivity index (χ4v) is 2.54. The number of hydrogen-bond acceptors (Lipinski definition) is 4. The van der Waals surface area contributed by atoms with Crippen LogP contribution in [0, 0.1) is 5.82 Å². The number of nitrogens with zero attached hydrogens (tertiary/aromatic N) is 1. The van der Waals surface area contributed by atoms with Gasteiger partial charge in [0.05, 0.1) is 32.8 Å². The van der Waals surface area contributed by atoms with E-state index >= 15 is 0 Å². The molecule has 1 unspecified atom stereocenters. The SMILES string of the molecule is CCOC(=O)N1CC[NH+](CC(O)COc2ccc(F)cc2)CC1. The van der Waals surface area contributed by atoms with E-state index in [1.807, 2.05) is 0 Å². The Morgan fingerprint density at radius 2 is 2.00 bits per heavy atom. The number of aliphatic hydroxyl groups is 1. The first-order valence-corrected chi connectivity index (χ1v) is 7.90. The highest BCUT2D eigenvalue weighted by atomic mass is 19.1. The summed E-state index contributed by atoms with van der Waals surface area (Å²) >= 11 is 0. The van der Waals surface area contributed by atoms with Crippen molar-refractivity contribution in [3.8, 4) is 5.75 Å². The van der Waals surface area contributed by atoms with Crippen LogP contribution in [-0.2, 0) is 4.74 Å². The van der Waals surface area contributed by atoms with Crippen LogP contribution in [0.4, 0.5) is 9.18 Å². The number of rotatable bonds is 6. The fraction of sp³-hybridized carbons (Fsp3) is 0.562. The van der Waals surface area contributed by atoms with Crippen molar-refractivity contribution < 1.29 is 28.7 Å². The molecule has 128 valence electrons. The van der Waals surface area contributed by atoms with E-state index in [9.17, 15) is 14.3 Å². The van der Waals surface area contributed by atoms with E-state index in [0.29, 0.717) is 32.0 Å². The molecule has 0 spiro atoms. The third-order valence-electron chi connectivity index (χ3n) is 3.78. The molecule has 1 aromatic carbocycles. The molecule has 0 aromatic heterocycles. The highest BCUT2D eigenvalue weighted by molar-refractivity contribution is 5.67. The molecule has 2 rings (SSSR count). The number of nitrogens with one attached hydrogen (secondary N) is 1. The van der Waals surface area contributed by atoms with Crippen LogP contribution in [0.5, 0.6) is 5.75 Å². The number of halogens is 1. The Hall–Kier alpha value is -1.86. The van der Waals surface area contributed by atoms with E-state index in [2.05, 4.69) is 0 Å². The molecule has 1 heterocycles. The van der Waals surface area contributed by atoms with Gasteiger partial charge in [0.2, 0.25) is 0 Å². The molecular formula is C16H24FN2O4+. The second kappa shape index (κ2) is 8.69. The molecule has 0 saturated carbocycles. The smallest absolute Gasteiger partial charge is 0.410 e. The van der Waals surface area contributed by atoms with Gasteiger partial charge in [-0.15, -0.1) is 0 Å². The minimum atomic E-state index is -0.607. The molecule has 1 atom stereocenters. The van der Waals surface area contributed by atoms with Gasteiger partial charge in [-0.05, 0) is 31.2 Å². The largest absolute Gasteiger partial charge is 0.491 e. The van der Waals surface area contributed by atoms with Crippen LogP contribution in [0.1, 0.15) is 6.92 Å². The molecule has 7 heteroatoms. The zero-order chi connectivity index (χ0) is 16.7. The Bertz CT molecular complexity index is 489. The van der Waals surface area contributed by atoms with Gasteiger partial charge in [-0.25, -0.2) is 9.18 Å². The van der Waals surface area contributed by atoms with Gasteiger partial charge in [0.1, 0.15) is 30.8 Å². The lowest BCUT2D eigenvalue weighted by Crippen LogP contribution is -3.16. The van der Waals surface area contributed by atoms with Crippen LogP contribution in [0.25, 0.3) is 0 Å².